The van der Waals surface area contributed by atoms with Gasteiger partial charge in [-0.05, 0) is 36.4 Å². The molecule has 0 unspecified atom stereocenters. The van der Waals surface area contributed by atoms with Crippen LogP contribution in [0.3, 0.4) is 0 Å². The summed E-state index contributed by atoms with van der Waals surface area (Å²) >= 11 is 1.37. The number of amides is 2. The number of carbonyl (C=O) groups is 2. The van der Waals surface area contributed by atoms with E-state index in [0.29, 0.717) is 23.7 Å². The molecule has 0 aliphatic carbocycles. The number of rotatable bonds is 10. The number of nitrogens with zero attached hydrogens (tertiary/aromatic N) is 1. The third-order valence-electron chi connectivity index (χ3n) is 5.88. The summed E-state index contributed by atoms with van der Waals surface area (Å²) in [5, 5.41) is 6.47. The van der Waals surface area contributed by atoms with Crippen molar-refractivity contribution in [3.05, 3.63) is 84.1 Å². The topological polar surface area (TPSA) is 81.6 Å². The summed E-state index contributed by atoms with van der Waals surface area (Å²) in [6.07, 6.45) is -2.63. The van der Waals surface area contributed by atoms with Crippen molar-refractivity contribution in [1.82, 2.24) is 9.88 Å². The number of anilines is 1. The van der Waals surface area contributed by atoms with Gasteiger partial charge in [0.25, 0.3) is 5.91 Å². The van der Waals surface area contributed by atoms with Gasteiger partial charge in [0.05, 0.1) is 31.2 Å². The molecule has 0 fully saturated rings. The van der Waals surface area contributed by atoms with Gasteiger partial charge in [-0.25, -0.2) is 0 Å². The van der Waals surface area contributed by atoms with Crippen LogP contribution in [0.4, 0.5) is 18.9 Å². The molecule has 0 saturated carbocycles. The van der Waals surface area contributed by atoms with Crippen LogP contribution in [-0.4, -0.2) is 42.9 Å². The van der Waals surface area contributed by atoms with Crippen LogP contribution in [0.2, 0.25) is 0 Å². The second kappa shape index (κ2) is 12.2. The SMILES string of the molecule is COc1ccc(NC(=O)CSc2cn(CCNC(=O)c3cccc(C(F)(F)F)c3)c3ccccc23)c(OC)c1. The highest BCUT2D eigenvalue weighted by atomic mass is 32.2. The van der Waals surface area contributed by atoms with E-state index in [9.17, 15) is 22.8 Å². The van der Waals surface area contributed by atoms with Gasteiger partial charge < -0.3 is 24.7 Å². The molecule has 0 radical (unpaired) electrons. The smallest absolute Gasteiger partial charge is 0.416 e. The van der Waals surface area contributed by atoms with Crippen LogP contribution in [0.5, 0.6) is 11.5 Å². The van der Waals surface area contributed by atoms with E-state index in [1.165, 1.54) is 31.0 Å². The molecule has 204 valence electrons. The number of fused-ring (bicyclic) bond motifs is 1. The van der Waals surface area contributed by atoms with Crippen molar-refractivity contribution in [2.45, 2.75) is 17.6 Å². The zero-order chi connectivity index (χ0) is 28.0. The van der Waals surface area contributed by atoms with Crippen molar-refractivity contribution in [2.24, 2.45) is 0 Å². The van der Waals surface area contributed by atoms with Gasteiger partial charge in [0.1, 0.15) is 11.5 Å². The first-order valence-electron chi connectivity index (χ1n) is 11.9. The highest BCUT2D eigenvalue weighted by Crippen LogP contribution is 2.32. The predicted molar refractivity (Wildman–Crippen MR) is 145 cm³/mol. The lowest BCUT2D eigenvalue weighted by molar-refractivity contribution is -0.137. The molecule has 0 bridgehead atoms. The molecule has 3 aromatic carbocycles. The number of alkyl halides is 3. The number of benzene rings is 3. The fraction of sp³-hybridized carbons (Fsp3) is 0.214. The van der Waals surface area contributed by atoms with E-state index in [1.54, 1.807) is 25.3 Å². The Kier molecular flexibility index (Phi) is 8.70. The van der Waals surface area contributed by atoms with Crippen LogP contribution in [0.25, 0.3) is 10.9 Å². The summed E-state index contributed by atoms with van der Waals surface area (Å²) in [5.74, 6) is 0.441. The molecule has 0 saturated heterocycles. The molecule has 1 heterocycles. The zero-order valence-corrected chi connectivity index (χ0v) is 22.0. The normalized spacial score (nSPS) is 11.3. The van der Waals surface area contributed by atoms with E-state index < -0.39 is 17.6 Å². The van der Waals surface area contributed by atoms with Crippen molar-refractivity contribution < 1.29 is 32.2 Å². The van der Waals surface area contributed by atoms with Gasteiger partial charge in [0, 0.05) is 46.7 Å². The van der Waals surface area contributed by atoms with Crippen molar-refractivity contribution >= 4 is 40.2 Å². The Bertz CT molecular complexity index is 1490. The number of halogens is 3. The lowest BCUT2D eigenvalue weighted by Gasteiger charge is -2.11. The fourth-order valence-corrected chi connectivity index (χ4v) is 4.86. The number of carbonyl (C=O) groups excluding carboxylic acids is 2. The van der Waals surface area contributed by atoms with E-state index in [2.05, 4.69) is 10.6 Å². The molecule has 7 nitrogen and oxygen atoms in total. The highest BCUT2D eigenvalue weighted by molar-refractivity contribution is 8.00. The molecule has 0 aliphatic heterocycles. The minimum absolute atomic E-state index is 0.0575. The van der Waals surface area contributed by atoms with Crippen LogP contribution in [0.1, 0.15) is 15.9 Å². The highest BCUT2D eigenvalue weighted by Gasteiger charge is 2.30. The van der Waals surface area contributed by atoms with Crippen LogP contribution in [0, 0.1) is 0 Å². The van der Waals surface area contributed by atoms with E-state index in [1.807, 2.05) is 35.0 Å². The summed E-state index contributed by atoms with van der Waals surface area (Å²) in [4.78, 5) is 26.0. The largest absolute Gasteiger partial charge is 0.497 e. The van der Waals surface area contributed by atoms with E-state index >= 15 is 0 Å². The fourth-order valence-electron chi connectivity index (χ4n) is 3.97. The minimum Gasteiger partial charge on any atom is -0.497 e. The third-order valence-corrected chi connectivity index (χ3v) is 6.93. The summed E-state index contributed by atoms with van der Waals surface area (Å²) in [5.41, 5.74) is 0.508. The Morgan fingerprint density at radius 3 is 2.51 bits per heavy atom. The van der Waals surface area contributed by atoms with Gasteiger partial charge in [-0.1, -0.05) is 24.3 Å². The molecule has 2 N–H and O–H groups in total. The number of nitrogens with one attached hydrogen (secondary N) is 2. The summed E-state index contributed by atoms with van der Waals surface area (Å²) in [6, 6.07) is 17.1. The van der Waals surface area contributed by atoms with Gasteiger partial charge in [0.2, 0.25) is 5.91 Å². The number of methoxy groups -OCH3 is 2. The van der Waals surface area contributed by atoms with Crippen molar-refractivity contribution in [2.75, 3.05) is 31.8 Å². The molecular weight excluding hydrogens is 531 g/mol. The van der Waals surface area contributed by atoms with Crippen LogP contribution >= 0.6 is 11.8 Å². The number of hydrogen-bond acceptors (Lipinski definition) is 5. The molecule has 0 aliphatic rings. The molecule has 1 aromatic heterocycles. The Hall–Kier alpha value is -4.12. The van der Waals surface area contributed by atoms with E-state index in [4.69, 9.17) is 9.47 Å². The Morgan fingerprint density at radius 1 is 0.974 bits per heavy atom. The second-order valence-electron chi connectivity index (χ2n) is 8.44. The molecule has 4 aromatic rings. The Labute approximate surface area is 227 Å². The number of ether oxygens (including phenoxy) is 2. The first kappa shape index (κ1) is 27.9. The lowest BCUT2D eigenvalue weighted by atomic mass is 10.1. The maximum Gasteiger partial charge on any atom is 0.416 e. The number of aromatic nitrogens is 1. The molecule has 0 atom stereocenters. The van der Waals surface area contributed by atoms with Gasteiger partial charge in [-0.3, -0.25) is 9.59 Å². The standard InChI is InChI=1S/C28H26F3N3O4S/c1-37-20-10-11-22(24(15-20)38-2)33-26(35)17-39-25-16-34(23-9-4-3-8-21(23)25)13-12-32-27(36)18-6-5-7-19(14-18)28(29,30)31/h3-11,14-16H,12-13,17H2,1-2H3,(H,32,36)(H,33,35). The monoisotopic (exact) mass is 557 g/mol. The average molecular weight is 558 g/mol. The second-order valence-corrected chi connectivity index (χ2v) is 9.46. The quantitative estimate of drug-likeness (QED) is 0.240. The number of para-hydroxylation sites is 1. The summed E-state index contributed by atoms with van der Waals surface area (Å²) in [6.45, 7) is 0.594. The maximum absolute atomic E-state index is 13.0. The number of thioether (sulfide) groups is 1. The Morgan fingerprint density at radius 2 is 1.77 bits per heavy atom. The van der Waals surface area contributed by atoms with Crippen LogP contribution < -0.4 is 20.1 Å². The van der Waals surface area contributed by atoms with Crippen molar-refractivity contribution in [1.29, 1.82) is 0 Å². The van der Waals surface area contributed by atoms with Crippen LogP contribution in [-0.2, 0) is 17.5 Å². The summed E-state index contributed by atoms with van der Waals surface area (Å²) < 4.78 is 51.4. The molecule has 2 amide bonds. The van der Waals surface area contributed by atoms with Gasteiger partial charge in [-0.15, -0.1) is 11.8 Å². The average Bonchev–Trinajstić information content (AvgIpc) is 3.29. The predicted octanol–water partition coefficient (Wildman–Crippen LogP) is 5.84. The third kappa shape index (κ3) is 6.85. The van der Waals surface area contributed by atoms with E-state index in [-0.39, 0.29) is 23.8 Å². The van der Waals surface area contributed by atoms with Crippen molar-refractivity contribution in [3.63, 3.8) is 0 Å². The number of hydrogen-bond donors (Lipinski definition) is 2. The van der Waals surface area contributed by atoms with Gasteiger partial charge >= 0.3 is 6.18 Å². The molecule has 4 rings (SSSR count). The van der Waals surface area contributed by atoms with Crippen molar-refractivity contribution in [3.8, 4) is 11.5 Å². The minimum atomic E-state index is -4.52. The van der Waals surface area contributed by atoms with Gasteiger partial charge in [-0.2, -0.15) is 13.2 Å². The molecule has 0 spiro atoms. The summed E-state index contributed by atoms with van der Waals surface area (Å²) in [7, 11) is 3.06. The lowest BCUT2D eigenvalue weighted by Crippen LogP contribution is -2.27. The zero-order valence-electron chi connectivity index (χ0n) is 21.2. The van der Waals surface area contributed by atoms with Crippen LogP contribution in [0.15, 0.2) is 77.8 Å². The Balaban J connectivity index is 1.39. The first-order chi connectivity index (χ1) is 18.7. The first-order valence-corrected chi connectivity index (χ1v) is 12.9. The molecule has 11 heteroatoms. The molecule has 39 heavy (non-hydrogen) atoms. The molecular formula is C28H26F3N3O4S. The van der Waals surface area contributed by atoms with Gasteiger partial charge in [0.15, 0.2) is 0 Å². The van der Waals surface area contributed by atoms with E-state index in [0.717, 1.165) is 27.9 Å². The maximum atomic E-state index is 13.0.